The van der Waals surface area contributed by atoms with E-state index in [1.807, 2.05) is 13.0 Å². The van der Waals surface area contributed by atoms with E-state index in [0.29, 0.717) is 13.0 Å². The first-order valence-electron chi connectivity index (χ1n) is 3.41. The van der Waals surface area contributed by atoms with Gasteiger partial charge in [0, 0.05) is 13.0 Å². The van der Waals surface area contributed by atoms with Gasteiger partial charge in [-0.25, -0.2) is 0 Å². The first-order chi connectivity index (χ1) is 4.85. The molecule has 1 unspecified atom stereocenters. The lowest BCUT2D eigenvalue weighted by Gasteiger charge is -2.07. The number of nitrogens with one attached hydrogen (secondary N) is 1. The fourth-order valence-corrected chi connectivity index (χ4v) is 0.623. The molecule has 2 nitrogen and oxygen atoms in total. The summed E-state index contributed by atoms with van der Waals surface area (Å²) in [6.07, 6.45) is 6.61. The van der Waals surface area contributed by atoms with Crippen LogP contribution in [-0.2, 0) is 0 Å². The lowest BCUT2D eigenvalue weighted by molar-refractivity contribution is 0.600. The van der Waals surface area contributed by atoms with Crippen LogP contribution in [0.5, 0.6) is 0 Å². The molecule has 0 aliphatic heterocycles. The number of rotatable bonds is 4. The summed E-state index contributed by atoms with van der Waals surface area (Å²) in [5.74, 6) is 2.59. The molecule has 0 spiro atoms. The van der Waals surface area contributed by atoms with Gasteiger partial charge in [-0.05, 0) is 6.42 Å². The van der Waals surface area contributed by atoms with Crippen molar-refractivity contribution in [1.82, 2.24) is 5.32 Å². The van der Waals surface area contributed by atoms with Crippen molar-refractivity contribution in [1.29, 1.82) is 5.26 Å². The highest BCUT2D eigenvalue weighted by Gasteiger charge is 1.97. The Labute approximate surface area is 62.2 Å². The fraction of sp³-hybridized carbons (Fsp3) is 0.625. The van der Waals surface area contributed by atoms with E-state index in [4.69, 9.17) is 11.7 Å². The Morgan fingerprint density at radius 1 is 1.70 bits per heavy atom. The van der Waals surface area contributed by atoms with Gasteiger partial charge in [0.15, 0.2) is 0 Å². The molecule has 10 heavy (non-hydrogen) atoms. The third-order valence-electron chi connectivity index (χ3n) is 1.24. The first-order valence-corrected chi connectivity index (χ1v) is 3.41. The van der Waals surface area contributed by atoms with Crippen molar-refractivity contribution < 1.29 is 0 Å². The molecular weight excluding hydrogens is 124 g/mol. The van der Waals surface area contributed by atoms with Crippen LogP contribution in [0.15, 0.2) is 0 Å². The van der Waals surface area contributed by atoms with Crippen LogP contribution < -0.4 is 5.32 Å². The summed E-state index contributed by atoms with van der Waals surface area (Å²) in [5, 5.41) is 11.2. The normalized spacial score (nSPS) is 11.5. The van der Waals surface area contributed by atoms with Crippen LogP contribution >= 0.6 is 0 Å². The Morgan fingerprint density at radius 3 is 2.80 bits per heavy atom. The fourth-order valence-electron chi connectivity index (χ4n) is 0.623. The molecule has 0 aromatic carbocycles. The Morgan fingerprint density at radius 2 is 2.40 bits per heavy atom. The zero-order valence-electron chi connectivity index (χ0n) is 6.22. The van der Waals surface area contributed by atoms with Gasteiger partial charge in [-0.2, -0.15) is 5.26 Å². The van der Waals surface area contributed by atoms with Crippen LogP contribution in [0, 0.1) is 23.7 Å². The molecule has 54 valence electrons. The number of nitrogens with zero attached hydrogens (tertiary/aromatic N) is 1. The van der Waals surface area contributed by atoms with Gasteiger partial charge in [0.25, 0.3) is 0 Å². The maximum atomic E-state index is 8.18. The van der Waals surface area contributed by atoms with Gasteiger partial charge in [-0.1, -0.05) is 12.8 Å². The van der Waals surface area contributed by atoms with E-state index in [9.17, 15) is 0 Å². The molecule has 0 heterocycles. The molecule has 0 fully saturated rings. The molecule has 0 aromatic heterocycles. The highest BCUT2D eigenvalue weighted by molar-refractivity contribution is 4.97. The molecule has 0 aliphatic carbocycles. The third-order valence-corrected chi connectivity index (χ3v) is 1.24. The van der Waals surface area contributed by atoms with Gasteiger partial charge in [-0.15, -0.1) is 6.42 Å². The van der Waals surface area contributed by atoms with E-state index in [2.05, 4.69) is 11.2 Å². The maximum Gasteiger partial charge on any atom is 0.0684 e. The van der Waals surface area contributed by atoms with E-state index >= 15 is 0 Å². The molecular formula is C8H12N2. The summed E-state index contributed by atoms with van der Waals surface area (Å²) in [7, 11) is 0. The lowest BCUT2D eigenvalue weighted by Crippen LogP contribution is -2.27. The minimum atomic E-state index is 0.133. The van der Waals surface area contributed by atoms with Gasteiger partial charge in [-0.3, -0.25) is 0 Å². The van der Waals surface area contributed by atoms with E-state index in [0.717, 1.165) is 6.42 Å². The SMILES string of the molecule is C#CC(CC)NCCC#N. The third kappa shape index (κ3) is 3.95. The van der Waals surface area contributed by atoms with E-state index in [-0.39, 0.29) is 6.04 Å². The molecule has 0 amide bonds. The summed E-state index contributed by atoms with van der Waals surface area (Å²) in [4.78, 5) is 0. The molecule has 0 aliphatic rings. The topological polar surface area (TPSA) is 35.8 Å². The summed E-state index contributed by atoms with van der Waals surface area (Å²) < 4.78 is 0. The minimum Gasteiger partial charge on any atom is -0.303 e. The standard InChI is InChI=1S/C8H12N2/c1-3-8(4-2)10-7-5-6-9/h1,8,10H,4-5,7H2,2H3. The van der Waals surface area contributed by atoms with Crippen molar-refractivity contribution in [3.63, 3.8) is 0 Å². The van der Waals surface area contributed by atoms with Gasteiger partial charge < -0.3 is 5.32 Å². The zero-order chi connectivity index (χ0) is 7.82. The number of hydrogen-bond donors (Lipinski definition) is 1. The van der Waals surface area contributed by atoms with Crippen molar-refractivity contribution in [2.45, 2.75) is 25.8 Å². The second-order valence-corrected chi connectivity index (χ2v) is 1.99. The van der Waals surface area contributed by atoms with Crippen molar-refractivity contribution in [2.75, 3.05) is 6.54 Å². The molecule has 0 saturated heterocycles. The lowest BCUT2D eigenvalue weighted by atomic mass is 10.2. The quantitative estimate of drug-likeness (QED) is 0.460. The van der Waals surface area contributed by atoms with E-state index < -0.39 is 0 Å². The average Bonchev–Trinajstić information content (AvgIpc) is 1.99. The molecule has 0 radical (unpaired) electrons. The Bertz CT molecular complexity index is 150. The average molecular weight is 136 g/mol. The van der Waals surface area contributed by atoms with Crippen molar-refractivity contribution >= 4 is 0 Å². The minimum absolute atomic E-state index is 0.133. The summed E-state index contributed by atoms with van der Waals surface area (Å²) >= 11 is 0. The highest BCUT2D eigenvalue weighted by atomic mass is 14.9. The van der Waals surface area contributed by atoms with Crippen molar-refractivity contribution in [2.24, 2.45) is 0 Å². The van der Waals surface area contributed by atoms with Crippen LogP contribution in [0.2, 0.25) is 0 Å². The Kier molecular flexibility index (Phi) is 5.53. The van der Waals surface area contributed by atoms with Gasteiger partial charge in [0.2, 0.25) is 0 Å². The summed E-state index contributed by atoms with van der Waals surface area (Å²) in [6, 6.07) is 2.17. The molecule has 0 saturated carbocycles. The predicted octanol–water partition coefficient (Wildman–Crippen LogP) is 0.901. The van der Waals surface area contributed by atoms with Gasteiger partial charge >= 0.3 is 0 Å². The van der Waals surface area contributed by atoms with Gasteiger partial charge in [0.1, 0.15) is 0 Å². The Balaban J connectivity index is 3.30. The molecule has 0 aromatic rings. The molecule has 0 rings (SSSR count). The van der Waals surface area contributed by atoms with Crippen LogP contribution in [-0.4, -0.2) is 12.6 Å². The van der Waals surface area contributed by atoms with Gasteiger partial charge in [0.05, 0.1) is 12.1 Å². The van der Waals surface area contributed by atoms with E-state index in [1.54, 1.807) is 0 Å². The van der Waals surface area contributed by atoms with Crippen LogP contribution in [0.1, 0.15) is 19.8 Å². The maximum absolute atomic E-state index is 8.18. The Hall–Kier alpha value is -0.990. The van der Waals surface area contributed by atoms with E-state index in [1.165, 1.54) is 0 Å². The molecule has 1 atom stereocenters. The molecule has 0 bridgehead atoms. The molecule has 1 N–H and O–H groups in total. The smallest absolute Gasteiger partial charge is 0.0684 e. The second kappa shape index (κ2) is 6.13. The predicted molar refractivity (Wildman–Crippen MR) is 41.1 cm³/mol. The monoisotopic (exact) mass is 136 g/mol. The number of nitriles is 1. The second-order valence-electron chi connectivity index (χ2n) is 1.99. The largest absolute Gasteiger partial charge is 0.303 e. The highest BCUT2D eigenvalue weighted by Crippen LogP contribution is 1.86. The van der Waals surface area contributed by atoms with Crippen molar-refractivity contribution in [3.05, 3.63) is 0 Å². The van der Waals surface area contributed by atoms with Crippen LogP contribution in [0.3, 0.4) is 0 Å². The number of terminal acetylenes is 1. The zero-order valence-corrected chi connectivity index (χ0v) is 6.22. The van der Waals surface area contributed by atoms with Crippen LogP contribution in [0.4, 0.5) is 0 Å². The summed E-state index contributed by atoms with van der Waals surface area (Å²) in [5.41, 5.74) is 0. The van der Waals surface area contributed by atoms with Crippen molar-refractivity contribution in [3.8, 4) is 18.4 Å². The number of hydrogen-bond acceptors (Lipinski definition) is 2. The first kappa shape index (κ1) is 9.01. The summed E-state index contributed by atoms with van der Waals surface area (Å²) in [6.45, 7) is 2.71. The van der Waals surface area contributed by atoms with Crippen LogP contribution in [0.25, 0.3) is 0 Å². The molecule has 2 heteroatoms.